The summed E-state index contributed by atoms with van der Waals surface area (Å²) in [5.74, 6) is 1.57. The lowest BCUT2D eigenvalue weighted by Crippen LogP contribution is -2.16. The predicted octanol–water partition coefficient (Wildman–Crippen LogP) is 2.30. The second-order valence-electron chi connectivity index (χ2n) is 4.17. The second-order valence-corrected chi connectivity index (χ2v) is 5.20. The average molecular weight is 283 g/mol. The fourth-order valence-corrected chi connectivity index (χ4v) is 2.51. The van der Waals surface area contributed by atoms with Crippen LogP contribution in [0.15, 0.2) is 18.2 Å². The highest BCUT2D eigenvalue weighted by atomic mass is 32.2. The van der Waals surface area contributed by atoms with E-state index in [9.17, 15) is 4.79 Å². The number of methoxy groups -OCH3 is 1. The van der Waals surface area contributed by atoms with Gasteiger partial charge in [-0.15, -0.1) is 11.8 Å². The first-order valence-electron chi connectivity index (χ1n) is 6.22. The Morgan fingerprint density at radius 3 is 2.84 bits per heavy atom. The standard InChI is InChI=1S/C14H21NO3S/c1-4-18-14(16)9-19-8-12(15)11-7-10(2)5-6-13(11)17-3/h5-7,12H,4,8-9,15H2,1-3H3. The Morgan fingerprint density at radius 2 is 2.21 bits per heavy atom. The molecule has 0 saturated carbocycles. The lowest BCUT2D eigenvalue weighted by molar-refractivity contribution is -0.139. The van der Waals surface area contributed by atoms with Gasteiger partial charge in [0.25, 0.3) is 0 Å². The number of ether oxygens (including phenoxy) is 2. The van der Waals surface area contributed by atoms with Gasteiger partial charge in [-0.2, -0.15) is 0 Å². The molecule has 0 aliphatic carbocycles. The van der Waals surface area contributed by atoms with Crippen LogP contribution in [0.5, 0.6) is 5.75 Å². The zero-order valence-corrected chi connectivity index (χ0v) is 12.5. The number of thioether (sulfide) groups is 1. The summed E-state index contributed by atoms with van der Waals surface area (Å²) in [7, 11) is 1.63. The molecule has 106 valence electrons. The molecule has 1 rings (SSSR count). The van der Waals surface area contributed by atoms with Gasteiger partial charge in [0.2, 0.25) is 0 Å². The van der Waals surface area contributed by atoms with Crippen LogP contribution in [-0.2, 0) is 9.53 Å². The fourth-order valence-electron chi connectivity index (χ4n) is 1.71. The van der Waals surface area contributed by atoms with Crippen LogP contribution in [0.1, 0.15) is 24.1 Å². The Kier molecular flexibility index (Phi) is 6.73. The van der Waals surface area contributed by atoms with Crippen molar-refractivity contribution >= 4 is 17.7 Å². The van der Waals surface area contributed by atoms with Gasteiger partial charge in [-0.25, -0.2) is 0 Å². The molecule has 0 radical (unpaired) electrons. The molecule has 1 unspecified atom stereocenters. The molecule has 0 heterocycles. The van der Waals surface area contributed by atoms with E-state index in [0.29, 0.717) is 18.1 Å². The molecule has 0 fully saturated rings. The summed E-state index contributed by atoms with van der Waals surface area (Å²) in [4.78, 5) is 11.2. The molecule has 0 aromatic heterocycles. The Hall–Kier alpha value is -1.20. The van der Waals surface area contributed by atoms with E-state index in [-0.39, 0.29) is 12.0 Å². The summed E-state index contributed by atoms with van der Waals surface area (Å²) in [5, 5.41) is 0. The number of hydrogen-bond acceptors (Lipinski definition) is 5. The fraction of sp³-hybridized carbons (Fsp3) is 0.500. The van der Waals surface area contributed by atoms with Crippen LogP contribution in [0.4, 0.5) is 0 Å². The first-order valence-corrected chi connectivity index (χ1v) is 7.37. The van der Waals surface area contributed by atoms with Gasteiger partial charge >= 0.3 is 5.97 Å². The van der Waals surface area contributed by atoms with E-state index >= 15 is 0 Å². The highest BCUT2D eigenvalue weighted by Gasteiger charge is 2.13. The van der Waals surface area contributed by atoms with Crippen LogP contribution < -0.4 is 10.5 Å². The minimum Gasteiger partial charge on any atom is -0.496 e. The van der Waals surface area contributed by atoms with E-state index in [1.54, 1.807) is 14.0 Å². The first-order chi connectivity index (χ1) is 9.08. The highest BCUT2D eigenvalue weighted by molar-refractivity contribution is 7.99. The van der Waals surface area contributed by atoms with Gasteiger partial charge in [0.15, 0.2) is 0 Å². The molecule has 0 saturated heterocycles. The van der Waals surface area contributed by atoms with Crippen molar-refractivity contribution in [1.82, 2.24) is 0 Å². The van der Waals surface area contributed by atoms with Gasteiger partial charge in [-0.3, -0.25) is 4.79 Å². The maximum Gasteiger partial charge on any atom is 0.315 e. The van der Waals surface area contributed by atoms with Crippen molar-refractivity contribution < 1.29 is 14.3 Å². The third kappa shape index (κ3) is 5.12. The largest absolute Gasteiger partial charge is 0.496 e. The van der Waals surface area contributed by atoms with Crippen LogP contribution in [0.3, 0.4) is 0 Å². The number of esters is 1. The molecule has 0 spiro atoms. The molecule has 0 aliphatic heterocycles. The molecular weight excluding hydrogens is 262 g/mol. The van der Waals surface area contributed by atoms with Crippen molar-refractivity contribution in [3.63, 3.8) is 0 Å². The summed E-state index contributed by atoms with van der Waals surface area (Å²) < 4.78 is 10.2. The molecule has 0 bridgehead atoms. The normalized spacial score (nSPS) is 12.0. The van der Waals surface area contributed by atoms with Gasteiger partial charge in [0.05, 0.1) is 19.5 Å². The van der Waals surface area contributed by atoms with Gasteiger partial charge < -0.3 is 15.2 Å². The number of benzene rings is 1. The molecule has 19 heavy (non-hydrogen) atoms. The monoisotopic (exact) mass is 283 g/mol. The molecule has 1 aromatic carbocycles. The lowest BCUT2D eigenvalue weighted by Gasteiger charge is -2.16. The number of nitrogens with two attached hydrogens (primary N) is 1. The average Bonchev–Trinajstić information content (AvgIpc) is 2.38. The Bertz CT molecular complexity index is 423. The number of aryl methyl sites for hydroxylation is 1. The van der Waals surface area contributed by atoms with E-state index in [4.69, 9.17) is 15.2 Å². The molecule has 0 amide bonds. The Morgan fingerprint density at radius 1 is 1.47 bits per heavy atom. The quantitative estimate of drug-likeness (QED) is 0.778. The summed E-state index contributed by atoms with van der Waals surface area (Å²) in [6, 6.07) is 5.77. The molecule has 1 atom stereocenters. The van der Waals surface area contributed by atoms with Crippen LogP contribution in [0.25, 0.3) is 0 Å². The second kappa shape index (κ2) is 8.07. The van der Waals surface area contributed by atoms with E-state index < -0.39 is 0 Å². The maximum absolute atomic E-state index is 11.2. The topological polar surface area (TPSA) is 61.5 Å². The van der Waals surface area contributed by atoms with E-state index in [2.05, 4.69) is 0 Å². The zero-order chi connectivity index (χ0) is 14.3. The summed E-state index contributed by atoms with van der Waals surface area (Å²) in [6.45, 7) is 4.23. The van der Waals surface area contributed by atoms with Crippen LogP contribution in [0.2, 0.25) is 0 Å². The molecular formula is C14H21NO3S. The number of rotatable bonds is 7. The van der Waals surface area contributed by atoms with Crippen molar-refractivity contribution in [2.75, 3.05) is 25.2 Å². The number of carbonyl (C=O) groups is 1. The van der Waals surface area contributed by atoms with Crippen molar-refractivity contribution in [3.05, 3.63) is 29.3 Å². The molecule has 4 nitrogen and oxygen atoms in total. The molecule has 5 heteroatoms. The highest BCUT2D eigenvalue weighted by Crippen LogP contribution is 2.27. The van der Waals surface area contributed by atoms with Gasteiger partial charge in [-0.1, -0.05) is 17.7 Å². The van der Waals surface area contributed by atoms with Crippen molar-refractivity contribution in [2.24, 2.45) is 5.73 Å². The minimum atomic E-state index is -0.198. The zero-order valence-electron chi connectivity index (χ0n) is 11.6. The van der Waals surface area contributed by atoms with E-state index in [1.807, 2.05) is 25.1 Å². The van der Waals surface area contributed by atoms with Crippen molar-refractivity contribution in [1.29, 1.82) is 0 Å². The SMILES string of the molecule is CCOC(=O)CSCC(N)c1cc(C)ccc1OC. The maximum atomic E-state index is 11.2. The summed E-state index contributed by atoms with van der Waals surface area (Å²) >= 11 is 1.47. The van der Waals surface area contributed by atoms with Crippen LogP contribution in [-0.4, -0.2) is 31.2 Å². The van der Waals surface area contributed by atoms with Gasteiger partial charge in [0.1, 0.15) is 5.75 Å². The summed E-state index contributed by atoms with van der Waals surface area (Å²) in [5.41, 5.74) is 8.26. The van der Waals surface area contributed by atoms with Crippen molar-refractivity contribution in [2.45, 2.75) is 19.9 Å². The Labute approximate surface area is 118 Å². The van der Waals surface area contributed by atoms with E-state index in [1.165, 1.54) is 11.8 Å². The van der Waals surface area contributed by atoms with Crippen molar-refractivity contribution in [3.8, 4) is 5.75 Å². The molecule has 2 N–H and O–H groups in total. The van der Waals surface area contributed by atoms with Crippen LogP contribution in [0, 0.1) is 6.92 Å². The lowest BCUT2D eigenvalue weighted by atomic mass is 10.1. The van der Waals surface area contributed by atoms with E-state index in [0.717, 1.165) is 16.9 Å². The number of hydrogen-bond donors (Lipinski definition) is 1. The first kappa shape index (κ1) is 15.9. The smallest absolute Gasteiger partial charge is 0.315 e. The van der Waals surface area contributed by atoms with Gasteiger partial charge in [-0.05, 0) is 19.9 Å². The van der Waals surface area contributed by atoms with Gasteiger partial charge in [0, 0.05) is 17.4 Å². The molecule has 1 aromatic rings. The predicted molar refractivity (Wildman–Crippen MR) is 78.6 cm³/mol. The molecule has 0 aliphatic rings. The Balaban J connectivity index is 2.55. The van der Waals surface area contributed by atoms with Crippen LogP contribution >= 0.6 is 11.8 Å². The summed E-state index contributed by atoms with van der Waals surface area (Å²) in [6.07, 6.45) is 0. The third-order valence-corrected chi connectivity index (χ3v) is 3.64. The third-order valence-electron chi connectivity index (χ3n) is 2.61. The number of carbonyl (C=O) groups excluding carboxylic acids is 1. The minimum absolute atomic E-state index is 0.158.